The summed E-state index contributed by atoms with van der Waals surface area (Å²) in [5.41, 5.74) is 4.44. The number of benzene rings is 1. The lowest BCUT2D eigenvalue weighted by Crippen LogP contribution is -2.35. The third-order valence-electron chi connectivity index (χ3n) is 3.37. The minimum absolute atomic E-state index is 0.126. The Balaban J connectivity index is 1.99. The molecule has 1 aliphatic heterocycles. The number of hydrogen-bond acceptors (Lipinski definition) is 2. The lowest BCUT2D eigenvalue weighted by Gasteiger charge is -2.29. The van der Waals surface area contributed by atoms with Crippen LogP contribution in [-0.2, 0) is 6.42 Å². The van der Waals surface area contributed by atoms with E-state index in [0.29, 0.717) is 0 Å². The number of amides is 1. The van der Waals surface area contributed by atoms with Crippen molar-refractivity contribution < 1.29 is 4.79 Å². The lowest BCUT2D eigenvalue weighted by molar-refractivity contribution is 0.0985. The van der Waals surface area contributed by atoms with Gasteiger partial charge in [-0.3, -0.25) is 4.79 Å². The van der Waals surface area contributed by atoms with Gasteiger partial charge >= 0.3 is 0 Å². The molecule has 0 atom stereocenters. The van der Waals surface area contributed by atoms with Gasteiger partial charge in [0.25, 0.3) is 5.91 Å². The van der Waals surface area contributed by atoms with Crippen LogP contribution in [0.4, 0.5) is 5.69 Å². The Labute approximate surface area is 111 Å². The Kier molecular flexibility index (Phi) is 2.92. The van der Waals surface area contributed by atoms with E-state index in [1.807, 2.05) is 21.7 Å². The van der Waals surface area contributed by atoms with Crippen molar-refractivity contribution in [2.75, 3.05) is 11.4 Å². The molecule has 0 radical (unpaired) electrons. The Morgan fingerprint density at radius 2 is 2.22 bits per heavy atom. The van der Waals surface area contributed by atoms with Gasteiger partial charge in [-0.25, -0.2) is 0 Å². The number of fused-ring (bicyclic) bond motifs is 1. The Hall–Kier alpha value is -1.61. The Morgan fingerprint density at radius 1 is 1.33 bits per heavy atom. The zero-order chi connectivity index (χ0) is 12.5. The van der Waals surface area contributed by atoms with Crippen LogP contribution in [0.5, 0.6) is 0 Å². The van der Waals surface area contributed by atoms with Crippen LogP contribution in [0.25, 0.3) is 0 Å². The monoisotopic (exact) mass is 257 g/mol. The van der Waals surface area contributed by atoms with Crippen molar-refractivity contribution in [2.24, 2.45) is 0 Å². The van der Waals surface area contributed by atoms with Gasteiger partial charge in [-0.2, -0.15) is 11.3 Å². The van der Waals surface area contributed by atoms with Crippen molar-refractivity contribution in [1.29, 1.82) is 0 Å². The molecule has 3 rings (SSSR count). The molecule has 0 fully saturated rings. The highest BCUT2D eigenvalue weighted by atomic mass is 32.1. The number of carbonyl (C=O) groups is 1. The molecular formula is C15H15NOS. The van der Waals surface area contributed by atoms with Crippen LogP contribution < -0.4 is 4.90 Å². The number of rotatable bonds is 1. The van der Waals surface area contributed by atoms with Gasteiger partial charge in [-0.1, -0.05) is 17.7 Å². The average Bonchev–Trinajstić information content (AvgIpc) is 2.90. The predicted molar refractivity (Wildman–Crippen MR) is 75.5 cm³/mol. The van der Waals surface area contributed by atoms with Gasteiger partial charge in [0.15, 0.2) is 0 Å². The molecule has 0 aliphatic carbocycles. The van der Waals surface area contributed by atoms with Crippen LogP contribution in [0.15, 0.2) is 35.0 Å². The largest absolute Gasteiger partial charge is 0.308 e. The first-order chi connectivity index (χ1) is 8.75. The minimum Gasteiger partial charge on any atom is -0.308 e. The van der Waals surface area contributed by atoms with Crippen molar-refractivity contribution >= 4 is 22.9 Å². The zero-order valence-corrected chi connectivity index (χ0v) is 11.2. The van der Waals surface area contributed by atoms with Crippen molar-refractivity contribution in [3.05, 3.63) is 51.7 Å². The Morgan fingerprint density at radius 3 is 3.00 bits per heavy atom. The summed E-state index contributed by atoms with van der Waals surface area (Å²) in [6.45, 7) is 2.92. The molecule has 1 aromatic heterocycles. The van der Waals surface area contributed by atoms with Crippen molar-refractivity contribution in [2.45, 2.75) is 19.8 Å². The highest BCUT2D eigenvalue weighted by molar-refractivity contribution is 7.08. The average molecular weight is 257 g/mol. The van der Waals surface area contributed by atoms with E-state index in [2.05, 4.69) is 25.1 Å². The van der Waals surface area contributed by atoms with Crippen LogP contribution in [0.2, 0.25) is 0 Å². The lowest BCUT2D eigenvalue weighted by atomic mass is 9.99. The number of anilines is 1. The number of thiophene rings is 1. The van der Waals surface area contributed by atoms with E-state index in [1.54, 1.807) is 11.3 Å². The second-order valence-corrected chi connectivity index (χ2v) is 5.48. The summed E-state index contributed by atoms with van der Waals surface area (Å²) in [4.78, 5) is 14.4. The van der Waals surface area contributed by atoms with E-state index in [9.17, 15) is 4.79 Å². The fourth-order valence-electron chi connectivity index (χ4n) is 2.48. The number of hydrogen-bond donors (Lipinski definition) is 0. The maximum atomic E-state index is 12.4. The minimum atomic E-state index is 0.126. The molecule has 1 aliphatic rings. The fraction of sp³-hybridized carbons (Fsp3) is 0.267. The van der Waals surface area contributed by atoms with Gasteiger partial charge in [0.2, 0.25) is 0 Å². The van der Waals surface area contributed by atoms with Gasteiger partial charge in [-0.15, -0.1) is 0 Å². The first-order valence-electron chi connectivity index (χ1n) is 6.19. The third-order valence-corrected chi connectivity index (χ3v) is 4.05. The van der Waals surface area contributed by atoms with Crippen LogP contribution >= 0.6 is 11.3 Å². The fourth-order valence-corrected chi connectivity index (χ4v) is 3.11. The van der Waals surface area contributed by atoms with Gasteiger partial charge in [-0.05, 0) is 42.8 Å². The molecule has 1 aromatic carbocycles. The normalized spacial score (nSPS) is 14.4. The van der Waals surface area contributed by atoms with E-state index >= 15 is 0 Å². The zero-order valence-electron chi connectivity index (χ0n) is 10.3. The summed E-state index contributed by atoms with van der Waals surface area (Å²) in [6, 6.07) is 8.25. The number of carbonyl (C=O) groups excluding carboxylic acids is 1. The van der Waals surface area contributed by atoms with Gasteiger partial charge < -0.3 is 4.90 Å². The maximum Gasteiger partial charge on any atom is 0.259 e. The molecule has 18 heavy (non-hydrogen) atoms. The van der Waals surface area contributed by atoms with Crippen LogP contribution in [0.1, 0.15) is 27.9 Å². The standard InChI is InChI=1S/C15H15NOS/c1-11-4-5-14-12(9-11)3-2-7-16(14)15(17)13-6-8-18-10-13/h4-6,8-10H,2-3,7H2,1H3. The molecule has 1 amide bonds. The summed E-state index contributed by atoms with van der Waals surface area (Å²) in [7, 11) is 0. The Bertz CT molecular complexity index is 574. The molecule has 0 unspecified atom stereocenters. The molecule has 0 spiro atoms. The van der Waals surface area contributed by atoms with Gasteiger partial charge in [0.1, 0.15) is 0 Å². The molecular weight excluding hydrogens is 242 g/mol. The molecule has 3 heteroatoms. The first-order valence-corrected chi connectivity index (χ1v) is 7.13. The summed E-state index contributed by atoms with van der Waals surface area (Å²) in [5.74, 6) is 0.126. The number of aryl methyl sites for hydroxylation is 2. The second kappa shape index (κ2) is 4.58. The molecule has 2 aromatic rings. The van der Waals surface area contributed by atoms with Gasteiger partial charge in [0.05, 0.1) is 5.56 Å². The summed E-state index contributed by atoms with van der Waals surface area (Å²) in [6.07, 6.45) is 2.12. The third kappa shape index (κ3) is 1.95. The molecule has 2 heterocycles. The van der Waals surface area contributed by atoms with E-state index in [1.165, 1.54) is 11.1 Å². The van der Waals surface area contributed by atoms with E-state index in [0.717, 1.165) is 30.6 Å². The topological polar surface area (TPSA) is 20.3 Å². The van der Waals surface area contributed by atoms with Crippen molar-refractivity contribution in [3.8, 4) is 0 Å². The number of nitrogens with zero attached hydrogens (tertiary/aromatic N) is 1. The second-order valence-electron chi connectivity index (χ2n) is 4.70. The van der Waals surface area contributed by atoms with E-state index in [4.69, 9.17) is 0 Å². The van der Waals surface area contributed by atoms with Crippen LogP contribution in [-0.4, -0.2) is 12.5 Å². The molecule has 92 valence electrons. The highest BCUT2D eigenvalue weighted by Gasteiger charge is 2.23. The van der Waals surface area contributed by atoms with E-state index in [-0.39, 0.29) is 5.91 Å². The molecule has 2 nitrogen and oxygen atoms in total. The molecule has 0 N–H and O–H groups in total. The highest BCUT2D eigenvalue weighted by Crippen LogP contribution is 2.29. The SMILES string of the molecule is Cc1ccc2c(c1)CCCN2C(=O)c1ccsc1. The summed E-state index contributed by atoms with van der Waals surface area (Å²) in [5, 5.41) is 3.87. The van der Waals surface area contributed by atoms with Crippen LogP contribution in [0.3, 0.4) is 0 Å². The van der Waals surface area contributed by atoms with Gasteiger partial charge in [0, 0.05) is 17.6 Å². The summed E-state index contributed by atoms with van der Waals surface area (Å²) >= 11 is 1.57. The van der Waals surface area contributed by atoms with Crippen LogP contribution in [0, 0.1) is 6.92 Å². The first kappa shape index (κ1) is 11.5. The smallest absolute Gasteiger partial charge is 0.259 e. The van der Waals surface area contributed by atoms with E-state index < -0.39 is 0 Å². The quantitative estimate of drug-likeness (QED) is 0.763. The molecule has 0 saturated carbocycles. The van der Waals surface area contributed by atoms with Crippen molar-refractivity contribution in [3.63, 3.8) is 0 Å². The maximum absolute atomic E-state index is 12.4. The van der Waals surface area contributed by atoms with Crippen molar-refractivity contribution in [1.82, 2.24) is 0 Å². The molecule has 0 saturated heterocycles. The molecule has 0 bridgehead atoms. The predicted octanol–water partition coefficient (Wildman–Crippen LogP) is 3.65. The summed E-state index contributed by atoms with van der Waals surface area (Å²) < 4.78 is 0.